The normalized spacial score (nSPS) is 19.4. The Morgan fingerprint density at radius 2 is 2.50 bits per heavy atom. The molecule has 2 rings (SSSR count). The van der Waals surface area contributed by atoms with Crippen LogP contribution in [-0.4, -0.2) is 46.8 Å². The molecule has 1 aromatic heterocycles. The second-order valence-corrected chi connectivity index (χ2v) is 5.32. The van der Waals surface area contributed by atoms with Crippen molar-refractivity contribution in [3.05, 3.63) is 11.8 Å². The van der Waals surface area contributed by atoms with Crippen LogP contribution in [0.2, 0.25) is 0 Å². The molecule has 6 heteroatoms. The van der Waals surface area contributed by atoms with Gasteiger partial charge in [0.05, 0.1) is 0 Å². The standard InChI is InChI=1S/C14H23N3O3/c1-11-10-13(16-20-11)15-14(19)6-8-17-7-2-4-12(17)5-3-9-18/h10,12,18H,2-9H2,1H3,(H,15,16,19). The highest BCUT2D eigenvalue weighted by Crippen LogP contribution is 2.21. The number of rotatable bonds is 7. The van der Waals surface area contributed by atoms with Gasteiger partial charge in [0.25, 0.3) is 0 Å². The number of nitrogens with one attached hydrogen (secondary N) is 1. The average Bonchev–Trinajstić information content (AvgIpc) is 3.03. The van der Waals surface area contributed by atoms with Crippen LogP contribution in [-0.2, 0) is 4.79 Å². The molecule has 0 aromatic carbocycles. The molecule has 20 heavy (non-hydrogen) atoms. The van der Waals surface area contributed by atoms with Crippen molar-refractivity contribution < 1.29 is 14.4 Å². The maximum atomic E-state index is 11.8. The smallest absolute Gasteiger partial charge is 0.226 e. The Kier molecular flexibility index (Phi) is 5.55. The lowest BCUT2D eigenvalue weighted by Crippen LogP contribution is -2.32. The van der Waals surface area contributed by atoms with Gasteiger partial charge in [-0.3, -0.25) is 9.69 Å². The molecule has 1 saturated heterocycles. The minimum Gasteiger partial charge on any atom is -0.396 e. The van der Waals surface area contributed by atoms with Gasteiger partial charge in [0.1, 0.15) is 5.76 Å². The van der Waals surface area contributed by atoms with Crippen molar-refractivity contribution in [2.45, 2.75) is 45.1 Å². The third kappa shape index (κ3) is 4.31. The Balaban J connectivity index is 1.72. The van der Waals surface area contributed by atoms with E-state index in [9.17, 15) is 4.79 Å². The molecular weight excluding hydrogens is 258 g/mol. The SMILES string of the molecule is Cc1cc(NC(=O)CCN2CCCC2CCCO)no1. The topological polar surface area (TPSA) is 78.6 Å². The number of hydrogen-bond acceptors (Lipinski definition) is 5. The molecule has 6 nitrogen and oxygen atoms in total. The van der Waals surface area contributed by atoms with Crippen LogP contribution < -0.4 is 5.32 Å². The number of aromatic nitrogens is 1. The molecule has 2 heterocycles. The van der Waals surface area contributed by atoms with Crippen molar-refractivity contribution >= 4 is 11.7 Å². The molecular formula is C14H23N3O3. The summed E-state index contributed by atoms with van der Waals surface area (Å²) in [6, 6.07) is 2.22. The highest BCUT2D eigenvalue weighted by molar-refractivity contribution is 5.89. The number of likely N-dealkylation sites (tertiary alicyclic amines) is 1. The minimum atomic E-state index is -0.0360. The molecule has 2 N–H and O–H groups in total. The molecule has 1 aliphatic heterocycles. The van der Waals surface area contributed by atoms with Gasteiger partial charge in [0, 0.05) is 31.7 Å². The van der Waals surface area contributed by atoms with Crippen LogP contribution in [0.1, 0.15) is 37.9 Å². The van der Waals surface area contributed by atoms with Gasteiger partial charge < -0.3 is 14.9 Å². The van der Waals surface area contributed by atoms with Gasteiger partial charge in [-0.05, 0) is 39.2 Å². The zero-order chi connectivity index (χ0) is 14.4. The number of aliphatic hydroxyl groups is 1. The van der Waals surface area contributed by atoms with E-state index in [-0.39, 0.29) is 12.5 Å². The molecule has 0 bridgehead atoms. The molecule has 0 saturated carbocycles. The maximum Gasteiger partial charge on any atom is 0.226 e. The quantitative estimate of drug-likeness (QED) is 0.792. The fourth-order valence-electron chi connectivity index (χ4n) is 2.72. The molecule has 1 unspecified atom stereocenters. The van der Waals surface area contributed by atoms with Crippen LogP contribution in [0, 0.1) is 6.92 Å². The van der Waals surface area contributed by atoms with E-state index in [1.54, 1.807) is 13.0 Å². The van der Waals surface area contributed by atoms with Crippen molar-refractivity contribution in [1.82, 2.24) is 10.1 Å². The number of aryl methyl sites for hydroxylation is 1. The highest BCUT2D eigenvalue weighted by Gasteiger charge is 2.24. The molecule has 0 spiro atoms. The van der Waals surface area contributed by atoms with E-state index >= 15 is 0 Å². The van der Waals surface area contributed by atoms with Crippen LogP contribution in [0.15, 0.2) is 10.6 Å². The van der Waals surface area contributed by atoms with E-state index in [0.29, 0.717) is 24.0 Å². The third-order valence-corrected chi connectivity index (χ3v) is 3.72. The monoisotopic (exact) mass is 281 g/mol. The van der Waals surface area contributed by atoms with Crippen molar-refractivity contribution in [3.63, 3.8) is 0 Å². The number of amides is 1. The summed E-state index contributed by atoms with van der Waals surface area (Å²) in [7, 11) is 0. The Bertz CT molecular complexity index is 433. The van der Waals surface area contributed by atoms with Crippen LogP contribution in [0.25, 0.3) is 0 Å². The molecule has 112 valence electrons. The number of hydrogen-bond donors (Lipinski definition) is 2. The first-order chi connectivity index (χ1) is 9.69. The van der Waals surface area contributed by atoms with Crippen LogP contribution in [0.4, 0.5) is 5.82 Å². The van der Waals surface area contributed by atoms with Gasteiger partial charge in [-0.25, -0.2) is 0 Å². The zero-order valence-electron chi connectivity index (χ0n) is 12.0. The van der Waals surface area contributed by atoms with Gasteiger partial charge in [0.2, 0.25) is 5.91 Å². The van der Waals surface area contributed by atoms with Crippen molar-refractivity contribution in [3.8, 4) is 0 Å². The first-order valence-corrected chi connectivity index (χ1v) is 7.27. The first kappa shape index (κ1) is 15.0. The van der Waals surface area contributed by atoms with Crippen LogP contribution in [0.5, 0.6) is 0 Å². The summed E-state index contributed by atoms with van der Waals surface area (Å²) in [5.74, 6) is 1.13. The van der Waals surface area contributed by atoms with E-state index in [4.69, 9.17) is 9.63 Å². The Morgan fingerprint density at radius 1 is 1.65 bits per heavy atom. The predicted octanol–water partition coefficient (Wildman–Crippen LogP) is 1.55. The molecule has 0 radical (unpaired) electrons. The van der Waals surface area contributed by atoms with Crippen molar-refractivity contribution in [2.24, 2.45) is 0 Å². The summed E-state index contributed by atoms with van der Waals surface area (Å²) in [6.07, 6.45) is 4.66. The van der Waals surface area contributed by atoms with E-state index in [2.05, 4.69) is 15.4 Å². The van der Waals surface area contributed by atoms with Crippen LogP contribution >= 0.6 is 0 Å². The number of carbonyl (C=O) groups excluding carboxylic acids is 1. The largest absolute Gasteiger partial charge is 0.396 e. The fourth-order valence-corrected chi connectivity index (χ4v) is 2.72. The number of nitrogens with zero attached hydrogens (tertiary/aromatic N) is 2. The number of carbonyl (C=O) groups is 1. The third-order valence-electron chi connectivity index (χ3n) is 3.72. The summed E-state index contributed by atoms with van der Waals surface area (Å²) >= 11 is 0. The Hall–Kier alpha value is -1.40. The van der Waals surface area contributed by atoms with Gasteiger partial charge in [-0.2, -0.15) is 0 Å². The second-order valence-electron chi connectivity index (χ2n) is 5.32. The van der Waals surface area contributed by atoms with E-state index in [0.717, 1.165) is 25.9 Å². The number of aliphatic hydroxyl groups excluding tert-OH is 1. The van der Waals surface area contributed by atoms with Gasteiger partial charge in [-0.15, -0.1) is 0 Å². The summed E-state index contributed by atoms with van der Waals surface area (Å²) in [6.45, 7) is 3.85. The molecule has 1 fully saturated rings. The predicted molar refractivity (Wildman–Crippen MR) is 75.4 cm³/mol. The van der Waals surface area contributed by atoms with Gasteiger partial charge >= 0.3 is 0 Å². The molecule has 1 aromatic rings. The summed E-state index contributed by atoms with van der Waals surface area (Å²) in [5, 5.41) is 15.4. The second kappa shape index (κ2) is 7.40. The van der Waals surface area contributed by atoms with E-state index in [1.807, 2.05) is 0 Å². The van der Waals surface area contributed by atoms with Crippen molar-refractivity contribution in [2.75, 3.05) is 25.0 Å². The molecule has 1 amide bonds. The van der Waals surface area contributed by atoms with E-state index < -0.39 is 0 Å². The fraction of sp³-hybridized carbons (Fsp3) is 0.714. The van der Waals surface area contributed by atoms with Gasteiger partial charge in [-0.1, -0.05) is 5.16 Å². The minimum absolute atomic E-state index is 0.0360. The Labute approximate surface area is 119 Å². The first-order valence-electron chi connectivity index (χ1n) is 7.27. The van der Waals surface area contributed by atoms with Crippen molar-refractivity contribution in [1.29, 1.82) is 0 Å². The lowest BCUT2D eigenvalue weighted by atomic mass is 10.1. The lowest BCUT2D eigenvalue weighted by Gasteiger charge is -2.23. The van der Waals surface area contributed by atoms with Gasteiger partial charge in [0.15, 0.2) is 5.82 Å². The zero-order valence-corrected chi connectivity index (χ0v) is 12.0. The maximum absolute atomic E-state index is 11.8. The highest BCUT2D eigenvalue weighted by atomic mass is 16.5. The Morgan fingerprint density at radius 3 is 3.20 bits per heavy atom. The summed E-state index contributed by atoms with van der Waals surface area (Å²) in [4.78, 5) is 14.2. The molecule has 0 aliphatic carbocycles. The summed E-state index contributed by atoms with van der Waals surface area (Å²) in [5.41, 5.74) is 0. The average molecular weight is 281 g/mol. The lowest BCUT2D eigenvalue weighted by molar-refractivity contribution is -0.116. The van der Waals surface area contributed by atoms with Crippen LogP contribution in [0.3, 0.4) is 0 Å². The molecule has 1 aliphatic rings. The number of anilines is 1. The van der Waals surface area contributed by atoms with E-state index in [1.165, 1.54) is 12.8 Å². The molecule has 1 atom stereocenters. The summed E-state index contributed by atoms with van der Waals surface area (Å²) < 4.78 is 4.91.